The first-order valence-electron chi connectivity index (χ1n) is 4.92. The Balaban J connectivity index is 3.49. The van der Waals surface area contributed by atoms with E-state index in [1.807, 2.05) is 13.8 Å². The van der Waals surface area contributed by atoms with Gasteiger partial charge in [0, 0.05) is 11.6 Å². The maximum Gasteiger partial charge on any atom is 0.311 e. The fourth-order valence-corrected chi connectivity index (χ4v) is 1.65. The van der Waals surface area contributed by atoms with Gasteiger partial charge in [-0.25, -0.2) is 0 Å². The summed E-state index contributed by atoms with van der Waals surface area (Å²) in [6.07, 6.45) is 0. The first-order chi connectivity index (χ1) is 7.52. The van der Waals surface area contributed by atoms with E-state index in [1.54, 1.807) is 6.07 Å². The van der Waals surface area contributed by atoms with Crippen molar-refractivity contribution in [3.05, 3.63) is 27.8 Å². The summed E-state index contributed by atoms with van der Waals surface area (Å²) in [5, 5.41) is 10.8. The van der Waals surface area contributed by atoms with Crippen molar-refractivity contribution in [3.63, 3.8) is 0 Å². The Morgan fingerprint density at radius 3 is 2.25 bits per heavy atom. The molecule has 0 amide bonds. The number of ether oxygens (including phenoxy) is 2. The van der Waals surface area contributed by atoms with Crippen molar-refractivity contribution in [3.8, 4) is 11.5 Å². The average Bonchev–Trinajstić information content (AvgIpc) is 2.26. The van der Waals surface area contributed by atoms with Crippen LogP contribution in [0.3, 0.4) is 0 Å². The standard InChI is InChI=1S/C11H15NO4/c1-7(2)10-9(15-3)6-5-8(12(13)14)11(10)16-4/h5-7H,1-4H3. The van der Waals surface area contributed by atoms with Crippen LogP contribution in [-0.4, -0.2) is 19.1 Å². The molecule has 1 rings (SSSR count). The molecule has 0 aromatic heterocycles. The number of benzene rings is 1. The van der Waals surface area contributed by atoms with Crippen molar-refractivity contribution in [2.45, 2.75) is 19.8 Å². The van der Waals surface area contributed by atoms with Gasteiger partial charge in [-0.2, -0.15) is 0 Å². The first-order valence-corrected chi connectivity index (χ1v) is 4.92. The van der Waals surface area contributed by atoms with Gasteiger partial charge in [-0.05, 0) is 12.0 Å². The zero-order chi connectivity index (χ0) is 12.3. The summed E-state index contributed by atoms with van der Waals surface area (Å²) in [4.78, 5) is 10.4. The molecule has 0 saturated heterocycles. The van der Waals surface area contributed by atoms with E-state index in [1.165, 1.54) is 20.3 Å². The third-order valence-corrected chi connectivity index (χ3v) is 2.33. The Morgan fingerprint density at radius 2 is 1.88 bits per heavy atom. The predicted molar refractivity (Wildman–Crippen MR) is 60.3 cm³/mol. The van der Waals surface area contributed by atoms with Crippen LogP contribution in [0.15, 0.2) is 12.1 Å². The fourth-order valence-electron chi connectivity index (χ4n) is 1.65. The lowest BCUT2D eigenvalue weighted by Gasteiger charge is -2.15. The number of hydrogen-bond donors (Lipinski definition) is 0. The Morgan fingerprint density at radius 1 is 1.25 bits per heavy atom. The minimum absolute atomic E-state index is 0.0352. The van der Waals surface area contributed by atoms with Crippen molar-refractivity contribution in [2.75, 3.05) is 14.2 Å². The van der Waals surface area contributed by atoms with Crippen LogP contribution in [0.1, 0.15) is 25.3 Å². The van der Waals surface area contributed by atoms with Crippen LogP contribution in [0.25, 0.3) is 0 Å². The lowest BCUT2D eigenvalue weighted by Crippen LogP contribution is -2.02. The molecule has 1 aromatic carbocycles. The lowest BCUT2D eigenvalue weighted by atomic mass is 10.00. The van der Waals surface area contributed by atoms with E-state index in [-0.39, 0.29) is 17.4 Å². The third kappa shape index (κ3) is 2.08. The van der Waals surface area contributed by atoms with Gasteiger partial charge in [0.25, 0.3) is 0 Å². The topological polar surface area (TPSA) is 61.6 Å². The molecule has 0 fully saturated rings. The van der Waals surface area contributed by atoms with Crippen LogP contribution >= 0.6 is 0 Å². The van der Waals surface area contributed by atoms with E-state index < -0.39 is 4.92 Å². The molecule has 1 aromatic rings. The van der Waals surface area contributed by atoms with E-state index in [0.29, 0.717) is 5.75 Å². The largest absolute Gasteiger partial charge is 0.496 e. The summed E-state index contributed by atoms with van der Waals surface area (Å²) < 4.78 is 10.3. The first kappa shape index (κ1) is 12.3. The van der Waals surface area contributed by atoms with Crippen LogP contribution in [0.2, 0.25) is 0 Å². The summed E-state index contributed by atoms with van der Waals surface area (Å²) in [6, 6.07) is 2.99. The molecular formula is C11H15NO4. The zero-order valence-corrected chi connectivity index (χ0v) is 9.81. The molecule has 0 heterocycles. The number of rotatable bonds is 4. The quantitative estimate of drug-likeness (QED) is 0.583. The minimum atomic E-state index is -0.454. The highest BCUT2D eigenvalue weighted by molar-refractivity contribution is 5.58. The molecule has 5 heteroatoms. The molecule has 16 heavy (non-hydrogen) atoms. The van der Waals surface area contributed by atoms with Crippen molar-refractivity contribution >= 4 is 5.69 Å². The number of hydrogen-bond acceptors (Lipinski definition) is 4. The molecule has 5 nitrogen and oxygen atoms in total. The highest BCUT2D eigenvalue weighted by atomic mass is 16.6. The molecule has 0 atom stereocenters. The van der Waals surface area contributed by atoms with Crippen molar-refractivity contribution in [1.29, 1.82) is 0 Å². The SMILES string of the molecule is COc1ccc([N+](=O)[O-])c(OC)c1C(C)C. The van der Waals surface area contributed by atoms with Crippen LogP contribution in [0.5, 0.6) is 11.5 Å². The highest BCUT2D eigenvalue weighted by Gasteiger charge is 2.23. The molecule has 0 unspecified atom stereocenters. The van der Waals surface area contributed by atoms with Crippen molar-refractivity contribution in [1.82, 2.24) is 0 Å². The van der Waals surface area contributed by atoms with Gasteiger partial charge >= 0.3 is 5.69 Å². The van der Waals surface area contributed by atoms with E-state index >= 15 is 0 Å². The summed E-state index contributed by atoms with van der Waals surface area (Å²) in [6.45, 7) is 3.87. The molecule has 0 bridgehead atoms. The van der Waals surface area contributed by atoms with Crippen LogP contribution in [0, 0.1) is 10.1 Å². The molecule has 0 N–H and O–H groups in total. The molecule has 0 spiro atoms. The normalized spacial score (nSPS) is 10.3. The molecule has 0 saturated carbocycles. The van der Waals surface area contributed by atoms with Gasteiger partial charge < -0.3 is 9.47 Å². The number of methoxy groups -OCH3 is 2. The fraction of sp³-hybridized carbons (Fsp3) is 0.455. The summed E-state index contributed by atoms with van der Waals surface area (Å²) in [7, 11) is 2.96. The van der Waals surface area contributed by atoms with Crippen LogP contribution in [-0.2, 0) is 0 Å². The van der Waals surface area contributed by atoms with Crippen molar-refractivity contribution < 1.29 is 14.4 Å². The predicted octanol–water partition coefficient (Wildman–Crippen LogP) is 2.74. The Bertz CT molecular complexity index is 401. The van der Waals surface area contributed by atoms with Gasteiger partial charge in [-0.1, -0.05) is 13.8 Å². The molecule has 0 aliphatic rings. The zero-order valence-electron chi connectivity index (χ0n) is 9.81. The summed E-state index contributed by atoms with van der Waals surface area (Å²) in [5.74, 6) is 0.974. The number of nitro groups is 1. The van der Waals surface area contributed by atoms with Crippen molar-refractivity contribution in [2.24, 2.45) is 0 Å². The Kier molecular flexibility index (Phi) is 3.71. The van der Waals surface area contributed by atoms with Gasteiger partial charge in [-0.3, -0.25) is 10.1 Å². The lowest BCUT2D eigenvalue weighted by molar-refractivity contribution is -0.385. The van der Waals surface area contributed by atoms with Gasteiger partial charge in [0.2, 0.25) is 5.75 Å². The summed E-state index contributed by atoms with van der Waals surface area (Å²) >= 11 is 0. The van der Waals surface area contributed by atoms with Gasteiger partial charge in [0.05, 0.1) is 19.1 Å². The molecule has 0 aliphatic heterocycles. The number of nitro benzene ring substituents is 1. The maximum atomic E-state index is 10.8. The highest BCUT2D eigenvalue weighted by Crippen LogP contribution is 2.41. The van der Waals surface area contributed by atoms with Gasteiger partial charge in [0.1, 0.15) is 5.75 Å². The third-order valence-electron chi connectivity index (χ3n) is 2.33. The second-order valence-electron chi connectivity index (χ2n) is 3.65. The second-order valence-corrected chi connectivity index (χ2v) is 3.65. The minimum Gasteiger partial charge on any atom is -0.496 e. The smallest absolute Gasteiger partial charge is 0.311 e. The Hall–Kier alpha value is -1.78. The maximum absolute atomic E-state index is 10.8. The second kappa shape index (κ2) is 4.83. The van der Waals surface area contributed by atoms with E-state index in [2.05, 4.69) is 0 Å². The Labute approximate surface area is 94.1 Å². The van der Waals surface area contributed by atoms with E-state index in [4.69, 9.17) is 9.47 Å². The van der Waals surface area contributed by atoms with Crippen LogP contribution in [0.4, 0.5) is 5.69 Å². The molecular weight excluding hydrogens is 210 g/mol. The summed E-state index contributed by atoms with van der Waals surface area (Å²) in [5.41, 5.74) is 0.686. The molecule has 0 aliphatic carbocycles. The van der Waals surface area contributed by atoms with Gasteiger partial charge in [-0.15, -0.1) is 0 Å². The number of nitrogens with zero attached hydrogens (tertiary/aromatic N) is 1. The molecule has 88 valence electrons. The van der Waals surface area contributed by atoms with E-state index in [0.717, 1.165) is 5.56 Å². The average molecular weight is 225 g/mol. The molecule has 0 radical (unpaired) electrons. The monoisotopic (exact) mass is 225 g/mol. The van der Waals surface area contributed by atoms with Crippen LogP contribution < -0.4 is 9.47 Å². The van der Waals surface area contributed by atoms with E-state index in [9.17, 15) is 10.1 Å². The van der Waals surface area contributed by atoms with Gasteiger partial charge in [0.15, 0.2) is 0 Å².